The molecule has 10 heteroatoms. The van der Waals surface area contributed by atoms with Crippen LogP contribution in [0.3, 0.4) is 0 Å². The lowest BCUT2D eigenvalue weighted by atomic mass is 9.81. The molecule has 0 radical (unpaired) electrons. The molecule has 0 unspecified atom stereocenters. The minimum Gasteiger partial charge on any atom is -0.364 e. The van der Waals surface area contributed by atoms with E-state index in [4.69, 9.17) is 16.1 Å². The average molecular weight is 503 g/mol. The first-order chi connectivity index (χ1) is 16.6. The number of rotatable bonds is 6. The Morgan fingerprint density at radius 1 is 1.14 bits per heavy atom. The molecular formula is C25H25ClF2N4O3. The van der Waals surface area contributed by atoms with Gasteiger partial charge in [-0.3, -0.25) is 14.6 Å². The van der Waals surface area contributed by atoms with Crippen molar-refractivity contribution in [1.82, 2.24) is 15.5 Å². The predicted octanol–water partition coefficient (Wildman–Crippen LogP) is 5.57. The highest BCUT2D eigenvalue weighted by Gasteiger charge is 2.40. The van der Waals surface area contributed by atoms with Crippen LogP contribution in [0, 0.1) is 19.8 Å². The van der Waals surface area contributed by atoms with E-state index in [9.17, 15) is 18.4 Å². The third-order valence-corrected chi connectivity index (χ3v) is 6.52. The summed E-state index contributed by atoms with van der Waals surface area (Å²) in [6.45, 7) is 3.48. The van der Waals surface area contributed by atoms with E-state index in [2.05, 4.69) is 20.8 Å². The van der Waals surface area contributed by atoms with E-state index in [1.54, 1.807) is 25.3 Å². The number of aryl methyl sites for hydroxylation is 2. The van der Waals surface area contributed by atoms with Crippen LogP contribution in [-0.4, -0.2) is 33.9 Å². The number of carbonyl (C=O) groups excluding carboxylic acids is 2. The highest BCUT2D eigenvalue weighted by atomic mass is 35.5. The number of nitrogens with zero attached hydrogens (tertiary/aromatic N) is 2. The number of pyridine rings is 1. The van der Waals surface area contributed by atoms with E-state index in [0.717, 1.165) is 16.8 Å². The molecule has 1 aliphatic rings. The molecule has 7 nitrogen and oxygen atoms in total. The molecule has 2 aromatic heterocycles. The summed E-state index contributed by atoms with van der Waals surface area (Å²) >= 11 is 6.07. The van der Waals surface area contributed by atoms with Gasteiger partial charge in [0, 0.05) is 36.0 Å². The first kappa shape index (κ1) is 24.8. The van der Waals surface area contributed by atoms with Crippen LogP contribution < -0.4 is 10.6 Å². The van der Waals surface area contributed by atoms with Crippen molar-refractivity contribution in [2.45, 2.75) is 51.5 Å². The highest BCUT2D eigenvalue weighted by molar-refractivity contribution is 6.30. The first-order valence-electron chi connectivity index (χ1n) is 11.3. The Balaban J connectivity index is 1.52. The van der Waals surface area contributed by atoms with Crippen molar-refractivity contribution in [1.29, 1.82) is 0 Å². The van der Waals surface area contributed by atoms with Gasteiger partial charge in [-0.2, -0.15) is 0 Å². The number of alkyl halides is 2. The predicted molar refractivity (Wildman–Crippen MR) is 127 cm³/mol. The van der Waals surface area contributed by atoms with Crippen molar-refractivity contribution >= 4 is 29.1 Å². The molecular weight excluding hydrogens is 478 g/mol. The van der Waals surface area contributed by atoms with E-state index in [1.807, 2.05) is 25.1 Å². The summed E-state index contributed by atoms with van der Waals surface area (Å²) in [5.41, 5.74) is 3.63. The van der Waals surface area contributed by atoms with Crippen LogP contribution in [0.25, 0.3) is 11.1 Å². The van der Waals surface area contributed by atoms with Crippen LogP contribution in [0.5, 0.6) is 0 Å². The second-order valence-corrected chi connectivity index (χ2v) is 9.25. The fourth-order valence-electron chi connectivity index (χ4n) is 4.28. The lowest BCUT2D eigenvalue weighted by molar-refractivity contribution is -0.121. The summed E-state index contributed by atoms with van der Waals surface area (Å²) in [6.07, 6.45) is 2.35. The molecule has 184 valence electrons. The topological polar surface area (TPSA) is 97.1 Å². The lowest BCUT2D eigenvalue weighted by Crippen LogP contribution is -2.50. The van der Waals surface area contributed by atoms with Gasteiger partial charge in [0.2, 0.25) is 11.8 Å². The van der Waals surface area contributed by atoms with E-state index >= 15 is 0 Å². The molecule has 0 bridgehead atoms. The first-order valence-corrected chi connectivity index (χ1v) is 11.6. The highest BCUT2D eigenvalue weighted by Crippen LogP contribution is 2.38. The van der Waals surface area contributed by atoms with Crippen molar-refractivity contribution in [3.63, 3.8) is 0 Å². The summed E-state index contributed by atoms with van der Waals surface area (Å²) in [5.74, 6) is -4.20. The fraction of sp³-hybridized carbons (Fsp3) is 0.360. The molecule has 2 amide bonds. The van der Waals surface area contributed by atoms with E-state index in [-0.39, 0.29) is 31.2 Å². The van der Waals surface area contributed by atoms with E-state index in [1.165, 1.54) is 6.26 Å². The van der Waals surface area contributed by atoms with Crippen LogP contribution in [-0.2, 0) is 4.79 Å². The van der Waals surface area contributed by atoms with Gasteiger partial charge in [0.25, 0.3) is 5.91 Å². The molecule has 35 heavy (non-hydrogen) atoms. The van der Waals surface area contributed by atoms with Gasteiger partial charge in [0.1, 0.15) is 17.9 Å². The quantitative estimate of drug-likeness (QED) is 0.459. The van der Waals surface area contributed by atoms with Crippen LogP contribution in [0.15, 0.2) is 47.3 Å². The SMILES string of the molecule is Cc1nocc1C(=O)N[C@H](C(=O)Nc1ccc(-c2cc(Cl)cnc2C)cc1)C1CCC(F)(F)CC1. The van der Waals surface area contributed by atoms with Gasteiger partial charge in [-0.15, -0.1) is 0 Å². The van der Waals surface area contributed by atoms with Crippen molar-refractivity contribution in [2.24, 2.45) is 5.92 Å². The molecule has 1 atom stereocenters. The van der Waals surface area contributed by atoms with Crippen LogP contribution in [0.2, 0.25) is 5.02 Å². The number of hydrogen-bond acceptors (Lipinski definition) is 5. The Bertz CT molecular complexity index is 1220. The number of anilines is 1. The molecule has 0 aliphatic heterocycles. The molecule has 1 saturated carbocycles. The van der Waals surface area contributed by atoms with Crippen LogP contribution in [0.1, 0.15) is 47.4 Å². The third kappa shape index (κ3) is 5.85. The largest absolute Gasteiger partial charge is 0.364 e. The fourth-order valence-corrected chi connectivity index (χ4v) is 4.43. The number of amides is 2. The lowest BCUT2D eigenvalue weighted by Gasteiger charge is -2.33. The van der Waals surface area contributed by atoms with Crippen molar-refractivity contribution < 1.29 is 22.9 Å². The molecule has 1 aliphatic carbocycles. The molecule has 2 heterocycles. The van der Waals surface area contributed by atoms with Gasteiger partial charge in [-0.1, -0.05) is 28.9 Å². The minimum absolute atomic E-state index is 0.119. The Hall–Kier alpha value is -3.33. The summed E-state index contributed by atoms with van der Waals surface area (Å²) in [7, 11) is 0. The zero-order chi connectivity index (χ0) is 25.2. The maximum atomic E-state index is 13.7. The second kappa shape index (κ2) is 10.1. The van der Waals surface area contributed by atoms with Gasteiger partial charge in [-0.25, -0.2) is 8.78 Å². The van der Waals surface area contributed by atoms with Gasteiger partial charge < -0.3 is 15.2 Å². The maximum Gasteiger partial charge on any atom is 0.257 e. The Morgan fingerprint density at radius 3 is 2.46 bits per heavy atom. The molecule has 0 spiro atoms. The van der Waals surface area contributed by atoms with Crippen molar-refractivity contribution in [3.8, 4) is 11.1 Å². The van der Waals surface area contributed by atoms with E-state index < -0.39 is 29.7 Å². The second-order valence-electron chi connectivity index (χ2n) is 8.81. The molecule has 1 fully saturated rings. The summed E-state index contributed by atoms with van der Waals surface area (Å²) in [6, 6.07) is 7.93. The number of carbonyl (C=O) groups is 2. The summed E-state index contributed by atoms with van der Waals surface area (Å²) in [4.78, 5) is 30.3. The van der Waals surface area contributed by atoms with Gasteiger partial charge in [0.05, 0.1) is 10.7 Å². The van der Waals surface area contributed by atoms with Crippen LogP contribution >= 0.6 is 11.6 Å². The van der Waals surface area contributed by atoms with Gasteiger partial charge in [0.15, 0.2) is 0 Å². The van der Waals surface area contributed by atoms with Crippen LogP contribution in [0.4, 0.5) is 14.5 Å². The number of aromatic nitrogens is 2. The number of halogens is 3. The summed E-state index contributed by atoms with van der Waals surface area (Å²) < 4.78 is 32.3. The van der Waals surface area contributed by atoms with Gasteiger partial charge in [-0.05, 0) is 56.4 Å². The smallest absolute Gasteiger partial charge is 0.257 e. The molecule has 4 rings (SSSR count). The Kier molecular flexibility index (Phi) is 7.16. The Labute approximate surface area is 206 Å². The number of hydrogen-bond donors (Lipinski definition) is 2. The normalized spacial score (nSPS) is 16.5. The molecule has 1 aromatic carbocycles. The molecule has 2 N–H and O–H groups in total. The zero-order valence-electron chi connectivity index (χ0n) is 19.3. The summed E-state index contributed by atoms with van der Waals surface area (Å²) in [5, 5.41) is 9.72. The zero-order valence-corrected chi connectivity index (χ0v) is 20.0. The monoisotopic (exact) mass is 502 g/mol. The number of benzene rings is 1. The number of nitrogens with one attached hydrogen (secondary N) is 2. The standard InChI is InChI=1S/C25H25ClF2N4O3/c1-14-20(11-18(26)12-29-14)16-3-5-19(6-4-16)30-24(34)22(17-7-9-25(27,28)10-8-17)31-23(33)21-13-35-32-15(21)2/h3-6,11-13,17,22H,7-10H2,1-2H3,(H,30,34)(H,31,33)/t22-/m0/s1. The van der Waals surface area contributed by atoms with Crippen molar-refractivity contribution in [3.05, 3.63) is 64.8 Å². The average Bonchev–Trinajstić information content (AvgIpc) is 3.26. The maximum absolute atomic E-state index is 13.7. The minimum atomic E-state index is -2.75. The molecule has 3 aromatic rings. The Morgan fingerprint density at radius 2 is 1.83 bits per heavy atom. The van der Waals surface area contributed by atoms with Crippen molar-refractivity contribution in [2.75, 3.05) is 5.32 Å². The van der Waals surface area contributed by atoms with Gasteiger partial charge >= 0.3 is 0 Å². The molecule has 0 saturated heterocycles. The van der Waals surface area contributed by atoms with E-state index in [0.29, 0.717) is 16.4 Å². The third-order valence-electron chi connectivity index (χ3n) is 6.31.